The van der Waals surface area contributed by atoms with Gasteiger partial charge in [0.1, 0.15) is 0 Å². The molecule has 0 saturated carbocycles. The van der Waals surface area contributed by atoms with E-state index in [1.807, 2.05) is 97.1 Å². The minimum absolute atomic E-state index is 0.0768. The van der Waals surface area contributed by atoms with E-state index in [1.54, 1.807) is 49.4 Å². The number of nitrogens with zero attached hydrogens (tertiary/aromatic N) is 5. The number of rotatable bonds is 6. The lowest BCUT2D eigenvalue weighted by Gasteiger charge is -2.22. The number of nitriles is 1. The molecule has 67 heavy (non-hydrogen) atoms. The topological polar surface area (TPSA) is 42.4 Å². The Balaban J connectivity index is 1.22. The molecule has 0 amide bonds. The zero-order valence-corrected chi connectivity index (χ0v) is 35.8. The lowest BCUT2D eigenvalue weighted by atomic mass is 9.90. The van der Waals surface area contributed by atoms with E-state index in [4.69, 9.17) is 13.1 Å². The average Bonchev–Trinajstić information content (AvgIpc) is 3.87. The summed E-state index contributed by atoms with van der Waals surface area (Å²) in [6.45, 7) is 17.8. The second-order valence-electron chi connectivity index (χ2n) is 16.5. The van der Waals surface area contributed by atoms with Gasteiger partial charge in [-0.25, -0.2) is 9.69 Å². The van der Waals surface area contributed by atoms with Crippen LogP contribution < -0.4 is 0 Å². The van der Waals surface area contributed by atoms with Crippen molar-refractivity contribution < 1.29 is 13.2 Å². The molecule has 5 nitrogen and oxygen atoms in total. The van der Waals surface area contributed by atoms with Gasteiger partial charge in [0.25, 0.3) is 0 Å². The summed E-state index contributed by atoms with van der Waals surface area (Å²) in [6.07, 6.45) is -4.62. The Morgan fingerprint density at radius 1 is 0.478 bits per heavy atom. The SMILES string of the molecule is [C-]#[N+]c1ccc(-c2ccc3c(c2)c2ccccc2n3-c2ccc(-c3c(C)cccc3C(F)(F)F)cc2-c2c([N+]#[C-])cccc2-n2c3ccccc3c3cc(-c4ccc(C#N)cc4)ccc32)cc1. The number of hydrogen-bond donors (Lipinski definition) is 0. The van der Waals surface area contributed by atoms with Crippen molar-refractivity contribution in [3.8, 4) is 62.0 Å². The normalized spacial score (nSPS) is 11.5. The van der Waals surface area contributed by atoms with Gasteiger partial charge < -0.3 is 9.13 Å². The summed E-state index contributed by atoms with van der Waals surface area (Å²) >= 11 is 0. The lowest BCUT2D eigenvalue weighted by molar-refractivity contribution is -0.137. The van der Waals surface area contributed by atoms with Crippen LogP contribution in [0.25, 0.3) is 109 Å². The zero-order chi connectivity index (χ0) is 46.0. The highest BCUT2D eigenvalue weighted by molar-refractivity contribution is 6.13. The van der Waals surface area contributed by atoms with Gasteiger partial charge in [-0.3, -0.25) is 0 Å². The highest BCUT2D eigenvalue weighted by Gasteiger charge is 2.35. The molecule has 0 atom stereocenters. The smallest absolute Gasteiger partial charge is 0.310 e. The van der Waals surface area contributed by atoms with E-state index in [0.717, 1.165) is 71.9 Å². The maximum absolute atomic E-state index is 14.9. The predicted molar refractivity (Wildman–Crippen MR) is 264 cm³/mol. The molecular weight excluding hydrogens is 836 g/mol. The first-order valence-corrected chi connectivity index (χ1v) is 21.5. The molecular formula is C59H34F3N5. The zero-order valence-electron chi connectivity index (χ0n) is 35.8. The fraction of sp³-hybridized carbons (Fsp3) is 0.0339. The molecule has 11 aromatic rings. The first-order valence-electron chi connectivity index (χ1n) is 21.5. The van der Waals surface area contributed by atoms with Crippen LogP contribution in [0.3, 0.4) is 0 Å². The molecule has 2 aromatic heterocycles. The van der Waals surface area contributed by atoms with Crippen molar-refractivity contribution in [2.24, 2.45) is 0 Å². The third-order valence-electron chi connectivity index (χ3n) is 12.8. The molecule has 2 heterocycles. The molecule has 0 aliphatic rings. The molecule has 0 unspecified atom stereocenters. The largest absolute Gasteiger partial charge is 0.417 e. The Kier molecular flexibility index (Phi) is 9.59. The first kappa shape index (κ1) is 40.6. The van der Waals surface area contributed by atoms with Crippen LogP contribution in [-0.4, -0.2) is 9.13 Å². The predicted octanol–water partition coefficient (Wildman–Crippen LogP) is 16.8. The summed E-state index contributed by atoms with van der Waals surface area (Å²) in [5.41, 5.74) is 11.6. The van der Waals surface area contributed by atoms with Crippen molar-refractivity contribution in [3.63, 3.8) is 0 Å². The van der Waals surface area contributed by atoms with Crippen molar-refractivity contribution in [3.05, 3.63) is 228 Å². The van der Waals surface area contributed by atoms with E-state index in [-0.39, 0.29) is 5.56 Å². The van der Waals surface area contributed by atoms with Crippen LogP contribution in [0.4, 0.5) is 24.5 Å². The van der Waals surface area contributed by atoms with Crippen LogP contribution in [0.1, 0.15) is 16.7 Å². The molecule has 0 radical (unpaired) electrons. The molecule has 0 aliphatic carbocycles. The van der Waals surface area contributed by atoms with Crippen LogP contribution in [-0.2, 0) is 6.18 Å². The molecule has 9 aromatic carbocycles. The van der Waals surface area contributed by atoms with Crippen LogP contribution in [0, 0.1) is 31.4 Å². The van der Waals surface area contributed by atoms with Crippen LogP contribution >= 0.6 is 0 Å². The Morgan fingerprint density at radius 3 is 1.60 bits per heavy atom. The molecule has 0 aliphatic heterocycles. The molecule has 0 N–H and O–H groups in total. The van der Waals surface area contributed by atoms with Gasteiger partial charge in [-0.05, 0) is 124 Å². The number of para-hydroxylation sites is 2. The van der Waals surface area contributed by atoms with Gasteiger partial charge in [0.15, 0.2) is 11.4 Å². The fourth-order valence-electron chi connectivity index (χ4n) is 9.75. The third-order valence-corrected chi connectivity index (χ3v) is 12.8. The van der Waals surface area contributed by atoms with Crippen molar-refractivity contribution in [1.29, 1.82) is 5.26 Å². The molecule has 0 saturated heterocycles. The summed E-state index contributed by atoms with van der Waals surface area (Å²) < 4.78 is 49.1. The highest BCUT2D eigenvalue weighted by atomic mass is 19.4. The first-order chi connectivity index (χ1) is 32.6. The van der Waals surface area contributed by atoms with Gasteiger partial charge >= 0.3 is 6.18 Å². The fourth-order valence-corrected chi connectivity index (χ4v) is 9.75. The number of halogens is 3. The van der Waals surface area contributed by atoms with Gasteiger partial charge in [0.2, 0.25) is 0 Å². The second-order valence-corrected chi connectivity index (χ2v) is 16.5. The van der Waals surface area contributed by atoms with E-state index in [1.165, 1.54) is 6.07 Å². The Morgan fingerprint density at radius 2 is 1.01 bits per heavy atom. The van der Waals surface area contributed by atoms with Crippen molar-refractivity contribution in [1.82, 2.24) is 9.13 Å². The molecule has 0 fully saturated rings. The molecule has 0 bridgehead atoms. The van der Waals surface area contributed by atoms with Crippen molar-refractivity contribution in [2.75, 3.05) is 0 Å². The summed E-state index contributed by atoms with van der Waals surface area (Å²) in [4.78, 5) is 7.69. The third kappa shape index (κ3) is 6.69. The minimum Gasteiger partial charge on any atom is -0.310 e. The number of fused-ring (bicyclic) bond motifs is 6. The standard InChI is InChI=1S/C59H34F3N5/c1-36-10-8-13-49(59(60,61)62)57(36)42-26-31-55(66-51-15-6-4-11-44(51)46-33-41(24-29-53(46)66)39-22-27-43(64-2)28-23-39)48(34-42)58-50(65-3)14-9-17-56(58)67-52-16-7-5-12-45(52)47-32-40(25-30-54(47)67)38-20-18-37(35-63)19-21-38/h4-34H,1H3. The van der Waals surface area contributed by atoms with Gasteiger partial charge in [0, 0.05) is 32.8 Å². The van der Waals surface area contributed by atoms with E-state index >= 15 is 0 Å². The quantitative estimate of drug-likeness (QED) is 0.154. The summed E-state index contributed by atoms with van der Waals surface area (Å²) in [7, 11) is 0. The summed E-state index contributed by atoms with van der Waals surface area (Å²) in [5, 5.41) is 13.3. The Bertz CT molecular complexity index is 3950. The summed E-state index contributed by atoms with van der Waals surface area (Å²) in [5.74, 6) is 0. The van der Waals surface area contributed by atoms with E-state index in [0.29, 0.717) is 50.6 Å². The molecule has 11 rings (SSSR count). The van der Waals surface area contributed by atoms with E-state index < -0.39 is 11.7 Å². The van der Waals surface area contributed by atoms with E-state index in [2.05, 4.69) is 61.3 Å². The number of aryl methyl sites for hydroxylation is 1. The van der Waals surface area contributed by atoms with Gasteiger partial charge in [-0.15, -0.1) is 0 Å². The Labute approximate surface area is 383 Å². The number of hydrogen-bond acceptors (Lipinski definition) is 1. The van der Waals surface area contributed by atoms with Gasteiger partial charge in [-0.1, -0.05) is 115 Å². The summed E-state index contributed by atoms with van der Waals surface area (Å²) in [6, 6.07) is 61.2. The lowest BCUT2D eigenvalue weighted by Crippen LogP contribution is -2.08. The van der Waals surface area contributed by atoms with E-state index in [9.17, 15) is 18.4 Å². The van der Waals surface area contributed by atoms with Crippen molar-refractivity contribution >= 4 is 55.0 Å². The van der Waals surface area contributed by atoms with Crippen LogP contribution in [0.15, 0.2) is 188 Å². The monoisotopic (exact) mass is 869 g/mol. The maximum atomic E-state index is 14.9. The van der Waals surface area contributed by atoms with Crippen LogP contribution in [0.5, 0.6) is 0 Å². The molecule has 0 spiro atoms. The highest BCUT2D eigenvalue weighted by Crippen LogP contribution is 2.48. The number of alkyl halides is 3. The second kappa shape index (κ2) is 15.8. The maximum Gasteiger partial charge on any atom is 0.417 e. The van der Waals surface area contributed by atoms with Gasteiger partial charge in [-0.2, -0.15) is 18.4 Å². The Hall–Kier alpha value is -9.16. The molecule has 316 valence electrons. The van der Waals surface area contributed by atoms with Crippen molar-refractivity contribution in [2.45, 2.75) is 13.1 Å². The average molecular weight is 870 g/mol. The minimum atomic E-state index is -4.62. The van der Waals surface area contributed by atoms with Crippen LogP contribution in [0.2, 0.25) is 0 Å². The molecule has 8 heteroatoms. The van der Waals surface area contributed by atoms with Gasteiger partial charge in [0.05, 0.1) is 58.1 Å². The number of aromatic nitrogens is 2. The number of benzene rings is 9.